The van der Waals surface area contributed by atoms with Crippen LogP contribution in [0.3, 0.4) is 0 Å². The van der Waals surface area contributed by atoms with Gasteiger partial charge in [-0.2, -0.15) is 5.53 Å². The number of hydrogen-bond donors (Lipinski definition) is 3. The van der Waals surface area contributed by atoms with E-state index < -0.39 is 0 Å². The zero-order valence-corrected chi connectivity index (χ0v) is 11.9. The van der Waals surface area contributed by atoms with Crippen molar-refractivity contribution in [3.63, 3.8) is 0 Å². The van der Waals surface area contributed by atoms with Gasteiger partial charge in [-0.1, -0.05) is 35.6 Å². The fourth-order valence-corrected chi connectivity index (χ4v) is 2.00. The molecule has 0 atom stereocenters. The number of nitrogens with one attached hydrogen (secondary N) is 2. The number of amidine groups is 1. The second-order valence-electron chi connectivity index (χ2n) is 4.67. The molecule has 0 radical (unpaired) electrons. The minimum absolute atomic E-state index is 0.0352. The van der Waals surface area contributed by atoms with E-state index in [1.807, 2.05) is 6.07 Å². The van der Waals surface area contributed by atoms with Crippen molar-refractivity contribution in [3.05, 3.63) is 60.2 Å². The maximum absolute atomic E-state index is 12.0. The molecule has 2 aromatic rings. The molecule has 0 spiro atoms. The van der Waals surface area contributed by atoms with E-state index in [9.17, 15) is 9.90 Å². The van der Waals surface area contributed by atoms with Gasteiger partial charge in [-0.15, -0.1) is 0 Å². The lowest BCUT2D eigenvalue weighted by Gasteiger charge is -2.17. The number of anilines is 1. The molecule has 0 aliphatic carbocycles. The van der Waals surface area contributed by atoms with E-state index in [4.69, 9.17) is 10.9 Å². The first-order chi connectivity index (χ1) is 10.6. The molecule has 6 heteroatoms. The van der Waals surface area contributed by atoms with Crippen LogP contribution in [0.1, 0.15) is 23.2 Å². The fraction of sp³-hybridized carbons (Fsp3) is 0.125. The van der Waals surface area contributed by atoms with Crippen LogP contribution in [0.15, 0.2) is 59.8 Å². The third kappa shape index (κ3) is 3.76. The van der Waals surface area contributed by atoms with Gasteiger partial charge < -0.3 is 5.11 Å². The Labute approximate surface area is 128 Å². The van der Waals surface area contributed by atoms with Crippen molar-refractivity contribution in [2.75, 3.05) is 5.01 Å². The number of para-hydroxylation sites is 1. The summed E-state index contributed by atoms with van der Waals surface area (Å²) in [5.41, 5.74) is 8.21. The van der Waals surface area contributed by atoms with E-state index in [2.05, 4.69) is 5.22 Å². The quantitative estimate of drug-likeness (QED) is 0.248. The molecule has 0 saturated heterocycles. The molecule has 2 rings (SSSR count). The Morgan fingerprint density at radius 2 is 1.82 bits per heavy atom. The highest BCUT2D eigenvalue weighted by Gasteiger charge is 2.14. The number of nitrogens with zero attached hydrogens (tertiary/aromatic N) is 2. The number of hydrogen-bond acceptors (Lipinski definition) is 5. The Morgan fingerprint density at radius 3 is 2.45 bits per heavy atom. The summed E-state index contributed by atoms with van der Waals surface area (Å²) in [4.78, 5) is 12.0. The zero-order valence-electron chi connectivity index (χ0n) is 11.9. The van der Waals surface area contributed by atoms with Crippen molar-refractivity contribution in [2.24, 2.45) is 5.22 Å². The molecule has 0 amide bonds. The van der Waals surface area contributed by atoms with Crippen LogP contribution in [0.2, 0.25) is 0 Å². The van der Waals surface area contributed by atoms with Gasteiger partial charge in [0, 0.05) is 18.4 Å². The number of ketones is 1. The molecule has 0 heterocycles. The molecule has 22 heavy (non-hydrogen) atoms. The van der Waals surface area contributed by atoms with Gasteiger partial charge in [0.25, 0.3) is 0 Å². The second kappa shape index (κ2) is 7.12. The number of aromatic hydroxyl groups is 1. The van der Waals surface area contributed by atoms with Gasteiger partial charge in [0.15, 0.2) is 5.78 Å². The van der Waals surface area contributed by atoms with Gasteiger partial charge in [0.05, 0.1) is 5.69 Å². The van der Waals surface area contributed by atoms with E-state index in [0.717, 1.165) is 0 Å². The molecule has 0 aliphatic rings. The summed E-state index contributed by atoms with van der Waals surface area (Å²) >= 11 is 0. The summed E-state index contributed by atoms with van der Waals surface area (Å²) in [7, 11) is 0. The largest absolute Gasteiger partial charge is 0.508 e. The predicted molar refractivity (Wildman–Crippen MR) is 83.5 cm³/mol. The predicted octanol–water partition coefficient (Wildman–Crippen LogP) is 3.78. The topological polar surface area (TPSA) is 101 Å². The van der Waals surface area contributed by atoms with Crippen LogP contribution in [0.4, 0.5) is 5.69 Å². The molecule has 0 unspecified atom stereocenters. The lowest BCUT2D eigenvalue weighted by molar-refractivity contribution is 0.0984. The minimum atomic E-state index is -0.168. The Hall–Kier alpha value is -3.02. The van der Waals surface area contributed by atoms with Crippen LogP contribution in [-0.2, 0) is 0 Å². The highest BCUT2D eigenvalue weighted by atomic mass is 16.3. The number of carbonyl (C=O) groups excluding carboxylic acids is 1. The third-order valence-corrected chi connectivity index (χ3v) is 3.11. The van der Waals surface area contributed by atoms with Gasteiger partial charge in [-0.05, 0) is 24.3 Å². The molecule has 6 nitrogen and oxygen atoms in total. The third-order valence-electron chi connectivity index (χ3n) is 3.11. The van der Waals surface area contributed by atoms with E-state index in [-0.39, 0.29) is 30.2 Å². The molecule has 3 N–H and O–H groups in total. The van der Waals surface area contributed by atoms with Gasteiger partial charge in [0.1, 0.15) is 11.6 Å². The van der Waals surface area contributed by atoms with E-state index in [1.54, 1.807) is 36.4 Å². The summed E-state index contributed by atoms with van der Waals surface area (Å²) in [6.07, 6.45) is 0.271. The van der Waals surface area contributed by atoms with E-state index >= 15 is 0 Å². The Morgan fingerprint density at radius 1 is 1.09 bits per heavy atom. The molecule has 0 aromatic heterocycles. The van der Waals surface area contributed by atoms with E-state index in [1.165, 1.54) is 17.1 Å². The van der Waals surface area contributed by atoms with Crippen LogP contribution in [0, 0.1) is 10.9 Å². The van der Waals surface area contributed by atoms with Crippen molar-refractivity contribution >= 4 is 17.3 Å². The number of phenolic OH excluding ortho intramolecular Hbond substituents is 1. The lowest BCUT2D eigenvalue weighted by atomic mass is 10.1. The fourth-order valence-electron chi connectivity index (χ4n) is 2.00. The first-order valence-corrected chi connectivity index (χ1v) is 6.74. The molecule has 0 aliphatic heterocycles. The van der Waals surface area contributed by atoms with Crippen molar-refractivity contribution in [1.82, 2.24) is 0 Å². The lowest BCUT2D eigenvalue weighted by Crippen LogP contribution is -2.24. The highest BCUT2D eigenvalue weighted by molar-refractivity contribution is 6.01. The average Bonchev–Trinajstić information content (AvgIpc) is 2.54. The summed E-state index contributed by atoms with van der Waals surface area (Å²) in [6, 6.07) is 15.0. The molecule has 0 bridgehead atoms. The molecule has 0 saturated carbocycles. The number of phenols is 1. The summed E-state index contributed by atoms with van der Waals surface area (Å²) in [6.45, 7) is 0. The SMILES string of the molecule is N=NN(C(=N)CCC(=O)c1cccc(O)c1)c1ccccc1. The maximum Gasteiger partial charge on any atom is 0.163 e. The van der Waals surface area contributed by atoms with Gasteiger partial charge in [0.2, 0.25) is 0 Å². The summed E-state index contributed by atoms with van der Waals surface area (Å²) < 4.78 is 0. The van der Waals surface area contributed by atoms with Crippen LogP contribution < -0.4 is 5.01 Å². The monoisotopic (exact) mass is 296 g/mol. The van der Waals surface area contributed by atoms with Crippen molar-refractivity contribution in [1.29, 1.82) is 10.9 Å². The summed E-state index contributed by atoms with van der Waals surface area (Å²) in [5.74, 6) is -0.0682. The second-order valence-corrected chi connectivity index (χ2v) is 4.67. The normalized spacial score (nSPS) is 10.0. The molecular weight excluding hydrogens is 280 g/mol. The van der Waals surface area contributed by atoms with E-state index in [0.29, 0.717) is 11.3 Å². The van der Waals surface area contributed by atoms with Crippen LogP contribution in [0.25, 0.3) is 0 Å². The molecule has 0 fully saturated rings. The van der Waals surface area contributed by atoms with Crippen LogP contribution in [0.5, 0.6) is 5.75 Å². The molecule has 2 aromatic carbocycles. The highest BCUT2D eigenvalue weighted by Crippen LogP contribution is 2.17. The van der Waals surface area contributed by atoms with Crippen molar-refractivity contribution < 1.29 is 9.90 Å². The Balaban J connectivity index is 2.00. The van der Waals surface area contributed by atoms with Gasteiger partial charge in [-0.25, -0.2) is 5.01 Å². The van der Waals surface area contributed by atoms with Gasteiger partial charge in [-0.3, -0.25) is 10.2 Å². The zero-order chi connectivity index (χ0) is 15.9. The van der Waals surface area contributed by atoms with Crippen LogP contribution in [-0.4, -0.2) is 16.7 Å². The number of rotatable bonds is 6. The van der Waals surface area contributed by atoms with Crippen LogP contribution >= 0.6 is 0 Å². The smallest absolute Gasteiger partial charge is 0.163 e. The average molecular weight is 296 g/mol. The summed E-state index contributed by atoms with van der Waals surface area (Å²) in [5, 5.41) is 21.9. The van der Waals surface area contributed by atoms with Crippen molar-refractivity contribution in [3.8, 4) is 5.75 Å². The Kier molecular flexibility index (Phi) is 4.98. The number of benzene rings is 2. The molecule has 112 valence electrons. The standard InChI is InChI=1S/C16H16N4O2/c17-16(20(19-18)13-6-2-1-3-7-13)10-9-15(22)12-5-4-8-14(21)11-12/h1-8,11,17-18,21H,9-10H2. The first-order valence-electron chi connectivity index (χ1n) is 6.74. The number of Topliss-reactive ketones (excluding diaryl/α,β-unsaturated/α-hetero) is 1. The minimum Gasteiger partial charge on any atom is -0.508 e. The Bertz CT molecular complexity index is 686. The number of carbonyl (C=O) groups is 1. The first kappa shape index (κ1) is 15.4. The van der Waals surface area contributed by atoms with Crippen molar-refractivity contribution in [2.45, 2.75) is 12.8 Å². The molecular formula is C16H16N4O2. The van der Waals surface area contributed by atoms with Gasteiger partial charge >= 0.3 is 0 Å². The maximum atomic E-state index is 12.0.